The van der Waals surface area contributed by atoms with Crippen LogP contribution < -0.4 is 5.32 Å². The molecule has 0 fully saturated rings. The van der Waals surface area contributed by atoms with E-state index in [2.05, 4.69) is 51.6 Å². The van der Waals surface area contributed by atoms with Crippen molar-refractivity contribution in [1.82, 2.24) is 10.2 Å². The number of halogens is 1. The summed E-state index contributed by atoms with van der Waals surface area (Å²) < 4.78 is 1.19. The molecular weight excluding hydrogens is 260 g/mol. The molecule has 0 saturated heterocycles. The molecule has 0 bridgehead atoms. The van der Waals surface area contributed by atoms with Crippen LogP contribution in [0.4, 0.5) is 0 Å². The molecule has 0 aromatic carbocycles. The van der Waals surface area contributed by atoms with Crippen molar-refractivity contribution in [2.24, 2.45) is 0 Å². The fourth-order valence-corrected chi connectivity index (χ4v) is 2.51. The van der Waals surface area contributed by atoms with Crippen LogP contribution in [0.25, 0.3) is 0 Å². The number of nitrogens with zero attached hydrogens (tertiary/aromatic N) is 1. The van der Waals surface area contributed by atoms with Gasteiger partial charge in [0.15, 0.2) is 0 Å². The summed E-state index contributed by atoms with van der Waals surface area (Å²) in [6.07, 6.45) is 0. The van der Waals surface area contributed by atoms with Crippen molar-refractivity contribution in [2.45, 2.75) is 13.5 Å². The van der Waals surface area contributed by atoms with E-state index in [0.717, 1.165) is 26.2 Å². The van der Waals surface area contributed by atoms with E-state index in [-0.39, 0.29) is 0 Å². The molecule has 0 atom stereocenters. The first-order valence-electron chi connectivity index (χ1n) is 4.84. The number of nitrogens with one attached hydrogen (secondary N) is 1. The predicted molar refractivity (Wildman–Crippen MR) is 66.9 cm³/mol. The smallest absolute Gasteiger partial charge is 0.0300 e. The van der Waals surface area contributed by atoms with E-state index in [1.807, 2.05) is 0 Å². The highest BCUT2D eigenvalue weighted by Crippen LogP contribution is 2.19. The molecule has 2 nitrogen and oxygen atoms in total. The zero-order valence-corrected chi connectivity index (χ0v) is 11.1. The molecule has 1 aromatic heterocycles. The van der Waals surface area contributed by atoms with Crippen molar-refractivity contribution in [3.63, 3.8) is 0 Å². The number of thiophene rings is 1. The minimum absolute atomic E-state index is 0.980. The maximum Gasteiger partial charge on any atom is 0.0300 e. The van der Waals surface area contributed by atoms with Gasteiger partial charge in [0.25, 0.3) is 0 Å². The average molecular weight is 277 g/mol. The molecule has 1 N–H and O–H groups in total. The van der Waals surface area contributed by atoms with Crippen LogP contribution in [-0.4, -0.2) is 31.6 Å². The molecule has 0 amide bonds. The molecule has 0 spiro atoms. The third-order valence-corrected chi connectivity index (χ3v) is 3.83. The fraction of sp³-hybridized carbons (Fsp3) is 0.600. The van der Waals surface area contributed by atoms with Gasteiger partial charge in [-0.05, 0) is 35.6 Å². The molecule has 0 unspecified atom stereocenters. The van der Waals surface area contributed by atoms with Crippen molar-refractivity contribution >= 4 is 27.3 Å². The van der Waals surface area contributed by atoms with Gasteiger partial charge < -0.3 is 10.2 Å². The molecule has 1 aromatic rings. The largest absolute Gasteiger partial charge is 0.311 e. The monoisotopic (exact) mass is 276 g/mol. The van der Waals surface area contributed by atoms with Crippen LogP contribution in [0, 0.1) is 0 Å². The highest BCUT2D eigenvalue weighted by molar-refractivity contribution is 9.10. The molecule has 14 heavy (non-hydrogen) atoms. The lowest BCUT2D eigenvalue weighted by atomic mass is 10.4. The van der Waals surface area contributed by atoms with Crippen LogP contribution in [0.2, 0.25) is 0 Å². The summed E-state index contributed by atoms with van der Waals surface area (Å²) in [5.74, 6) is 0. The van der Waals surface area contributed by atoms with E-state index >= 15 is 0 Å². The second-order valence-corrected chi connectivity index (χ2v) is 5.22. The van der Waals surface area contributed by atoms with Crippen LogP contribution in [-0.2, 0) is 6.54 Å². The van der Waals surface area contributed by atoms with Gasteiger partial charge in [-0.2, -0.15) is 0 Å². The van der Waals surface area contributed by atoms with Crippen molar-refractivity contribution in [2.75, 3.05) is 26.7 Å². The normalized spacial score (nSPS) is 11.1. The van der Waals surface area contributed by atoms with E-state index in [4.69, 9.17) is 0 Å². The van der Waals surface area contributed by atoms with Gasteiger partial charge in [0.2, 0.25) is 0 Å². The number of hydrogen-bond acceptors (Lipinski definition) is 3. The first-order valence-corrected chi connectivity index (χ1v) is 6.51. The average Bonchev–Trinajstić information content (AvgIpc) is 2.58. The Hall–Kier alpha value is 0.1000. The van der Waals surface area contributed by atoms with E-state index in [1.54, 1.807) is 11.3 Å². The highest BCUT2D eigenvalue weighted by atomic mass is 79.9. The lowest BCUT2D eigenvalue weighted by Crippen LogP contribution is -2.28. The van der Waals surface area contributed by atoms with E-state index in [9.17, 15) is 0 Å². The fourth-order valence-electron chi connectivity index (χ4n) is 1.09. The van der Waals surface area contributed by atoms with Crippen molar-refractivity contribution in [3.05, 3.63) is 20.8 Å². The Morgan fingerprint density at radius 2 is 2.36 bits per heavy atom. The Balaban J connectivity index is 2.10. The van der Waals surface area contributed by atoms with Gasteiger partial charge in [-0.25, -0.2) is 0 Å². The summed E-state index contributed by atoms with van der Waals surface area (Å²) in [6.45, 7) is 6.44. The maximum atomic E-state index is 3.45. The third-order valence-electron chi connectivity index (χ3n) is 2.13. The molecule has 80 valence electrons. The van der Waals surface area contributed by atoms with Gasteiger partial charge in [-0.3, -0.25) is 0 Å². The first kappa shape index (κ1) is 12.2. The van der Waals surface area contributed by atoms with Gasteiger partial charge in [0.05, 0.1) is 0 Å². The highest BCUT2D eigenvalue weighted by Gasteiger charge is 1.97. The predicted octanol–water partition coefficient (Wildman–Crippen LogP) is 2.55. The van der Waals surface area contributed by atoms with Crippen LogP contribution in [0.15, 0.2) is 15.9 Å². The van der Waals surface area contributed by atoms with Crippen molar-refractivity contribution < 1.29 is 0 Å². The van der Waals surface area contributed by atoms with Gasteiger partial charge in [-0.1, -0.05) is 6.92 Å². The van der Waals surface area contributed by atoms with E-state index in [1.165, 1.54) is 9.35 Å². The Morgan fingerprint density at radius 1 is 1.57 bits per heavy atom. The molecule has 0 radical (unpaired) electrons. The summed E-state index contributed by atoms with van der Waals surface area (Å²) in [6, 6.07) is 2.17. The first-order chi connectivity index (χ1) is 6.72. The third kappa shape index (κ3) is 4.55. The minimum Gasteiger partial charge on any atom is -0.311 e. The van der Waals surface area contributed by atoms with Crippen molar-refractivity contribution in [3.8, 4) is 0 Å². The summed E-state index contributed by atoms with van der Waals surface area (Å²) in [5, 5.41) is 5.55. The van der Waals surface area contributed by atoms with Crippen LogP contribution in [0.5, 0.6) is 0 Å². The summed E-state index contributed by atoms with van der Waals surface area (Å²) in [5.41, 5.74) is 0. The standard InChI is InChI=1S/C10H17BrN2S/c1-3-13(2)5-4-12-7-10-6-9(11)8-14-10/h6,8,12H,3-5,7H2,1-2H3. The van der Waals surface area contributed by atoms with Gasteiger partial charge in [0.1, 0.15) is 0 Å². The number of rotatable bonds is 6. The molecule has 0 aliphatic heterocycles. The second kappa shape index (κ2) is 6.56. The van der Waals surface area contributed by atoms with E-state index < -0.39 is 0 Å². The van der Waals surface area contributed by atoms with Crippen LogP contribution in [0.3, 0.4) is 0 Å². The topological polar surface area (TPSA) is 15.3 Å². The SMILES string of the molecule is CCN(C)CCNCc1cc(Br)cs1. The second-order valence-electron chi connectivity index (χ2n) is 3.30. The van der Waals surface area contributed by atoms with Crippen LogP contribution >= 0.6 is 27.3 Å². The summed E-state index contributed by atoms with van der Waals surface area (Å²) in [4.78, 5) is 3.69. The lowest BCUT2D eigenvalue weighted by Gasteiger charge is -2.13. The van der Waals surface area contributed by atoms with Crippen LogP contribution in [0.1, 0.15) is 11.8 Å². The minimum atomic E-state index is 0.980. The maximum absolute atomic E-state index is 3.45. The number of likely N-dealkylation sites (N-methyl/N-ethyl adjacent to an activating group) is 1. The number of hydrogen-bond donors (Lipinski definition) is 1. The van der Waals surface area contributed by atoms with Gasteiger partial charge in [-0.15, -0.1) is 11.3 Å². The van der Waals surface area contributed by atoms with E-state index in [0.29, 0.717) is 0 Å². The molecule has 1 heterocycles. The molecular formula is C10H17BrN2S. The summed E-state index contributed by atoms with van der Waals surface area (Å²) >= 11 is 5.24. The quantitative estimate of drug-likeness (QED) is 0.804. The zero-order valence-electron chi connectivity index (χ0n) is 8.72. The molecule has 4 heteroatoms. The molecule has 0 aliphatic carbocycles. The zero-order chi connectivity index (χ0) is 10.4. The Labute approximate surface area is 98.4 Å². The Kier molecular flexibility index (Phi) is 5.70. The Bertz CT molecular complexity index is 262. The van der Waals surface area contributed by atoms with Gasteiger partial charge in [0, 0.05) is 34.4 Å². The van der Waals surface area contributed by atoms with Gasteiger partial charge >= 0.3 is 0 Å². The molecule has 1 rings (SSSR count). The lowest BCUT2D eigenvalue weighted by molar-refractivity contribution is 0.349. The van der Waals surface area contributed by atoms with Crippen molar-refractivity contribution in [1.29, 1.82) is 0 Å². The Morgan fingerprint density at radius 3 is 2.93 bits per heavy atom. The molecule has 0 aliphatic rings. The summed E-state index contributed by atoms with van der Waals surface area (Å²) in [7, 11) is 2.14. The molecule has 0 saturated carbocycles.